The number of carbonyl (C=O) groups is 4. The van der Waals surface area contributed by atoms with Crippen LogP contribution in [0.2, 0.25) is 0 Å². The van der Waals surface area contributed by atoms with Crippen molar-refractivity contribution in [2.45, 2.75) is 32.7 Å². The molecular formula is C11H16N2O5. The predicted octanol–water partition coefficient (Wildman–Crippen LogP) is -0.639. The van der Waals surface area contributed by atoms with E-state index in [0.717, 1.165) is 4.90 Å². The molecule has 0 bridgehead atoms. The van der Waals surface area contributed by atoms with Crippen LogP contribution in [0.25, 0.3) is 0 Å². The largest absolute Gasteiger partial charge is 0.480 e. The van der Waals surface area contributed by atoms with Gasteiger partial charge in [0.15, 0.2) is 0 Å². The smallest absolute Gasteiger partial charge is 0.318 e. The van der Waals surface area contributed by atoms with E-state index in [0.29, 0.717) is 0 Å². The number of carbonyl (C=O) groups excluding carboxylic acids is 3. The van der Waals surface area contributed by atoms with Crippen molar-refractivity contribution in [2.75, 3.05) is 7.05 Å². The molecule has 1 aliphatic heterocycles. The molecule has 100 valence electrons. The first-order valence-corrected chi connectivity index (χ1v) is 5.52. The molecule has 0 aliphatic carbocycles. The van der Waals surface area contributed by atoms with Crippen molar-refractivity contribution in [3.63, 3.8) is 0 Å². The minimum Gasteiger partial charge on any atom is -0.480 e. The second kappa shape index (κ2) is 4.75. The summed E-state index contributed by atoms with van der Waals surface area (Å²) in [5, 5.41) is 11.3. The summed E-state index contributed by atoms with van der Waals surface area (Å²) in [6.07, 6.45) is 0.351. The van der Waals surface area contributed by atoms with E-state index >= 15 is 0 Å². The average Bonchev–Trinajstić information content (AvgIpc) is 2.29. The molecule has 0 spiro atoms. The van der Waals surface area contributed by atoms with Gasteiger partial charge in [-0.25, -0.2) is 0 Å². The van der Waals surface area contributed by atoms with Crippen LogP contribution in [-0.2, 0) is 19.2 Å². The molecule has 3 amide bonds. The minimum atomic E-state index is -1.61. The topological polar surface area (TPSA) is 104 Å². The van der Waals surface area contributed by atoms with Crippen molar-refractivity contribution in [1.29, 1.82) is 0 Å². The molecule has 18 heavy (non-hydrogen) atoms. The van der Waals surface area contributed by atoms with Gasteiger partial charge in [-0.05, 0) is 20.3 Å². The van der Waals surface area contributed by atoms with Crippen molar-refractivity contribution < 1.29 is 24.3 Å². The third-order valence-electron chi connectivity index (χ3n) is 3.06. The van der Waals surface area contributed by atoms with Gasteiger partial charge in [-0.2, -0.15) is 0 Å². The molecule has 0 aromatic rings. The Morgan fingerprint density at radius 2 is 1.94 bits per heavy atom. The summed E-state index contributed by atoms with van der Waals surface area (Å²) in [6, 6.07) is -0.834. The summed E-state index contributed by atoms with van der Waals surface area (Å²) in [4.78, 5) is 46.5. The minimum absolute atomic E-state index is 0.153. The van der Waals surface area contributed by atoms with Gasteiger partial charge >= 0.3 is 5.97 Å². The molecule has 1 aliphatic rings. The van der Waals surface area contributed by atoms with E-state index in [1.54, 1.807) is 0 Å². The monoisotopic (exact) mass is 256 g/mol. The van der Waals surface area contributed by atoms with Crippen LogP contribution in [0.4, 0.5) is 0 Å². The van der Waals surface area contributed by atoms with Crippen molar-refractivity contribution in [3.05, 3.63) is 0 Å². The average molecular weight is 256 g/mol. The van der Waals surface area contributed by atoms with Gasteiger partial charge in [0.2, 0.25) is 11.8 Å². The lowest BCUT2D eigenvalue weighted by atomic mass is 9.91. The highest BCUT2D eigenvalue weighted by molar-refractivity contribution is 6.05. The van der Waals surface area contributed by atoms with Crippen LogP contribution in [0.1, 0.15) is 26.7 Å². The Bertz CT molecular complexity index is 416. The van der Waals surface area contributed by atoms with Crippen LogP contribution in [0.5, 0.6) is 0 Å². The Balaban J connectivity index is 2.75. The summed E-state index contributed by atoms with van der Waals surface area (Å²) in [7, 11) is 1.34. The van der Waals surface area contributed by atoms with Gasteiger partial charge in [0.25, 0.3) is 5.91 Å². The van der Waals surface area contributed by atoms with Gasteiger partial charge in [0.05, 0.1) is 0 Å². The first-order valence-electron chi connectivity index (χ1n) is 5.52. The fourth-order valence-electron chi connectivity index (χ4n) is 1.49. The van der Waals surface area contributed by atoms with E-state index in [9.17, 15) is 19.2 Å². The summed E-state index contributed by atoms with van der Waals surface area (Å²) < 4.78 is 0. The number of nitrogens with one attached hydrogen (secondary N) is 1. The van der Waals surface area contributed by atoms with Crippen LogP contribution < -0.4 is 5.32 Å². The molecule has 1 fully saturated rings. The van der Waals surface area contributed by atoms with Gasteiger partial charge < -0.3 is 10.4 Å². The van der Waals surface area contributed by atoms with Crippen LogP contribution in [0, 0.1) is 5.41 Å². The number of nitrogens with zero attached hydrogens (tertiary/aromatic N) is 1. The molecule has 0 aromatic heterocycles. The second-order valence-corrected chi connectivity index (χ2v) is 4.79. The number of amides is 3. The Hall–Kier alpha value is -1.92. The Labute approximate surface area is 104 Å². The van der Waals surface area contributed by atoms with E-state index in [1.165, 1.54) is 20.9 Å². The quantitative estimate of drug-likeness (QED) is 0.516. The normalized spacial score (nSPS) is 20.8. The molecule has 0 aromatic carbocycles. The lowest BCUT2D eigenvalue weighted by Gasteiger charge is -2.30. The molecular weight excluding hydrogens is 240 g/mol. The predicted molar refractivity (Wildman–Crippen MR) is 60.4 cm³/mol. The van der Waals surface area contributed by atoms with E-state index in [4.69, 9.17) is 5.11 Å². The first kappa shape index (κ1) is 14.1. The molecule has 1 rings (SSSR count). The number of likely N-dealkylation sites (tertiary alicyclic amines) is 1. The summed E-state index contributed by atoms with van der Waals surface area (Å²) in [6.45, 7) is 2.51. The van der Waals surface area contributed by atoms with Crippen LogP contribution in [0.3, 0.4) is 0 Å². The summed E-state index contributed by atoms with van der Waals surface area (Å²) >= 11 is 0. The molecule has 2 N–H and O–H groups in total. The standard InChI is InChI=1S/C11H16N2O5/c1-11(2,10(17)18)9(16)12-6-4-5-7(14)13(3)8(6)15/h6H,4-5H2,1-3H3,(H,12,16)(H,17,18). The molecule has 1 heterocycles. The van der Waals surface area contributed by atoms with Crippen LogP contribution in [-0.4, -0.2) is 46.8 Å². The highest BCUT2D eigenvalue weighted by atomic mass is 16.4. The lowest BCUT2D eigenvalue weighted by Crippen LogP contribution is -2.56. The number of rotatable bonds is 3. The maximum Gasteiger partial charge on any atom is 0.318 e. The molecule has 1 unspecified atom stereocenters. The van der Waals surface area contributed by atoms with E-state index in [-0.39, 0.29) is 18.7 Å². The maximum atomic E-state index is 11.8. The van der Waals surface area contributed by atoms with Crippen LogP contribution in [0.15, 0.2) is 0 Å². The molecule has 1 atom stereocenters. The molecule has 7 heteroatoms. The zero-order valence-corrected chi connectivity index (χ0v) is 10.5. The SMILES string of the molecule is CN1C(=O)CCC(NC(=O)C(C)(C)C(=O)O)C1=O. The van der Waals surface area contributed by atoms with Gasteiger partial charge in [0.1, 0.15) is 11.5 Å². The Kier molecular flexibility index (Phi) is 3.73. The third-order valence-corrected chi connectivity index (χ3v) is 3.06. The summed E-state index contributed by atoms with van der Waals surface area (Å²) in [5.74, 6) is -2.83. The zero-order valence-electron chi connectivity index (χ0n) is 10.5. The van der Waals surface area contributed by atoms with Crippen molar-refractivity contribution in [2.24, 2.45) is 5.41 Å². The van der Waals surface area contributed by atoms with Gasteiger partial charge in [0, 0.05) is 13.5 Å². The van der Waals surface area contributed by atoms with E-state index in [2.05, 4.69) is 5.32 Å². The number of hydrogen-bond acceptors (Lipinski definition) is 4. The number of piperidine rings is 1. The molecule has 7 nitrogen and oxygen atoms in total. The molecule has 1 saturated heterocycles. The molecule has 0 radical (unpaired) electrons. The Morgan fingerprint density at radius 3 is 2.44 bits per heavy atom. The number of aliphatic carboxylic acids is 1. The third kappa shape index (κ3) is 2.49. The molecule has 0 saturated carbocycles. The van der Waals surface area contributed by atoms with Crippen molar-refractivity contribution in [1.82, 2.24) is 10.2 Å². The number of likely N-dealkylation sites (N-methyl/N-ethyl adjacent to an activating group) is 1. The van der Waals surface area contributed by atoms with Crippen molar-refractivity contribution >= 4 is 23.7 Å². The fraction of sp³-hybridized carbons (Fsp3) is 0.636. The van der Waals surface area contributed by atoms with Crippen molar-refractivity contribution in [3.8, 4) is 0 Å². The number of hydrogen-bond donors (Lipinski definition) is 2. The highest BCUT2D eigenvalue weighted by Gasteiger charge is 2.40. The van der Waals surface area contributed by atoms with Gasteiger partial charge in [-0.3, -0.25) is 24.1 Å². The summed E-state index contributed by atoms with van der Waals surface area (Å²) in [5.41, 5.74) is -1.61. The maximum absolute atomic E-state index is 11.8. The second-order valence-electron chi connectivity index (χ2n) is 4.79. The number of imide groups is 1. The number of carboxylic acids is 1. The van der Waals surface area contributed by atoms with E-state index < -0.39 is 29.2 Å². The fourth-order valence-corrected chi connectivity index (χ4v) is 1.49. The lowest BCUT2D eigenvalue weighted by molar-refractivity contribution is -0.157. The number of carboxylic acid groups (broad SMARTS) is 1. The Morgan fingerprint density at radius 1 is 1.39 bits per heavy atom. The van der Waals surface area contributed by atoms with E-state index in [1.807, 2.05) is 0 Å². The van der Waals surface area contributed by atoms with Gasteiger partial charge in [-0.1, -0.05) is 0 Å². The van der Waals surface area contributed by atoms with Gasteiger partial charge in [-0.15, -0.1) is 0 Å². The zero-order chi connectivity index (χ0) is 14.1. The first-order chi connectivity index (χ1) is 8.17. The highest BCUT2D eigenvalue weighted by Crippen LogP contribution is 2.18. The van der Waals surface area contributed by atoms with Crippen LogP contribution >= 0.6 is 0 Å².